The third-order valence-corrected chi connectivity index (χ3v) is 0.839. The molecule has 0 aliphatic rings. The normalized spacial score (nSPS) is 9.18. The van der Waals surface area contributed by atoms with E-state index in [1.165, 1.54) is 7.05 Å². The number of hydrogen-bond acceptors (Lipinski definition) is 5. The predicted octanol–water partition coefficient (Wildman–Crippen LogP) is -0.0490. The number of amides is 1. The summed E-state index contributed by atoms with van der Waals surface area (Å²) in [5, 5.41) is 2.16. The highest BCUT2D eigenvalue weighted by Crippen LogP contribution is 2.05. The maximum absolute atomic E-state index is 10.5. The van der Waals surface area contributed by atoms with Crippen LogP contribution in [0.5, 0.6) is 5.95 Å². The molecule has 1 aromatic heterocycles. The zero-order valence-corrected chi connectivity index (χ0v) is 5.62. The van der Waals surface area contributed by atoms with Crippen LogP contribution in [0.25, 0.3) is 0 Å². The van der Waals surface area contributed by atoms with Crippen LogP contribution in [-0.4, -0.2) is 13.1 Å². The molecule has 1 aromatic rings. The molecule has 0 aliphatic heterocycles. The third-order valence-electron chi connectivity index (χ3n) is 0.839. The summed E-state index contributed by atoms with van der Waals surface area (Å²) in [6, 6.07) is 0.912. The Hall–Kier alpha value is -1.72. The van der Waals surface area contributed by atoms with Gasteiger partial charge in [-0.15, -0.1) is 0 Å². The lowest BCUT2D eigenvalue weighted by Gasteiger charge is -1.94. The molecule has 0 fully saturated rings. The maximum Gasteiger partial charge on any atom is 0.414 e. The highest BCUT2D eigenvalue weighted by molar-refractivity contribution is 5.68. The van der Waals surface area contributed by atoms with E-state index in [-0.39, 0.29) is 5.95 Å². The number of carbonyl (C=O) groups excluding carboxylic acids is 1. The SMILES string of the molecule is CNC(=O)Oc1cc(=O)oo1. The van der Waals surface area contributed by atoms with Gasteiger partial charge in [-0.1, -0.05) is 0 Å². The van der Waals surface area contributed by atoms with E-state index in [0.717, 1.165) is 6.07 Å². The Balaban J connectivity index is 2.65. The lowest BCUT2D eigenvalue weighted by Crippen LogP contribution is -2.21. The van der Waals surface area contributed by atoms with Gasteiger partial charge in [0.25, 0.3) is 0 Å². The highest BCUT2D eigenvalue weighted by Gasteiger charge is 2.06. The summed E-state index contributed by atoms with van der Waals surface area (Å²) in [6.45, 7) is 0. The zero-order chi connectivity index (χ0) is 8.27. The topological polar surface area (TPSA) is 81.7 Å². The first-order chi connectivity index (χ1) is 5.22. The van der Waals surface area contributed by atoms with Crippen LogP contribution in [0.2, 0.25) is 0 Å². The van der Waals surface area contributed by atoms with Crippen LogP contribution in [0.1, 0.15) is 0 Å². The van der Waals surface area contributed by atoms with Crippen LogP contribution in [0.15, 0.2) is 20.0 Å². The molecule has 0 radical (unpaired) electrons. The monoisotopic (exact) mass is 159 g/mol. The minimum absolute atomic E-state index is 0.269. The van der Waals surface area contributed by atoms with Crippen LogP contribution < -0.4 is 15.7 Å². The summed E-state index contributed by atoms with van der Waals surface area (Å²) in [5.74, 6) is -0.269. The number of ether oxygens (including phenoxy) is 1. The van der Waals surface area contributed by atoms with E-state index in [4.69, 9.17) is 0 Å². The summed E-state index contributed by atoms with van der Waals surface area (Å²) >= 11 is 0. The van der Waals surface area contributed by atoms with E-state index < -0.39 is 11.7 Å². The smallest absolute Gasteiger partial charge is 0.373 e. The molecule has 6 heteroatoms. The lowest BCUT2D eigenvalue weighted by molar-refractivity contribution is 0.0239. The van der Waals surface area contributed by atoms with Gasteiger partial charge in [0.15, 0.2) is 0 Å². The molecule has 0 saturated heterocycles. The molecule has 0 bridgehead atoms. The van der Waals surface area contributed by atoms with Crippen LogP contribution in [0.4, 0.5) is 4.79 Å². The molecule has 0 aromatic carbocycles. The molecule has 1 N–H and O–H groups in total. The van der Waals surface area contributed by atoms with Crippen molar-refractivity contribution in [3.63, 3.8) is 0 Å². The summed E-state index contributed by atoms with van der Waals surface area (Å²) in [6.07, 6.45) is -0.727. The average Bonchev–Trinajstić information content (AvgIpc) is 2.35. The van der Waals surface area contributed by atoms with Gasteiger partial charge in [0.05, 0.1) is 0 Å². The zero-order valence-electron chi connectivity index (χ0n) is 5.62. The number of nitrogens with one attached hydrogen (secondary N) is 1. The van der Waals surface area contributed by atoms with E-state index in [1.807, 2.05) is 0 Å². The summed E-state index contributed by atoms with van der Waals surface area (Å²) in [5.41, 5.74) is -0.705. The van der Waals surface area contributed by atoms with Crippen molar-refractivity contribution in [3.05, 3.63) is 16.5 Å². The van der Waals surface area contributed by atoms with Gasteiger partial charge in [-0.25, -0.2) is 18.7 Å². The summed E-state index contributed by atoms with van der Waals surface area (Å²) in [4.78, 5) is 20.7. The molecule has 1 rings (SSSR count). The predicted molar refractivity (Wildman–Crippen MR) is 32.3 cm³/mol. The maximum atomic E-state index is 10.5. The fourth-order valence-electron chi connectivity index (χ4n) is 0.415. The molecule has 0 atom stereocenters. The summed E-state index contributed by atoms with van der Waals surface area (Å²) in [7, 11) is 1.38. The first-order valence-corrected chi connectivity index (χ1v) is 2.72. The van der Waals surface area contributed by atoms with Crippen molar-refractivity contribution in [2.75, 3.05) is 7.05 Å². The van der Waals surface area contributed by atoms with Gasteiger partial charge in [-0.3, -0.25) is 0 Å². The molecule has 0 aliphatic carbocycles. The van der Waals surface area contributed by atoms with Crippen molar-refractivity contribution < 1.29 is 18.7 Å². The Morgan fingerprint density at radius 2 is 2.36 bits per heavy atom. The van der Waals surface area contributed by atoms with Gasteiger partial charge in [0, 0.05) is 7.05 Å². The molecule has 1 heterocycles. The highest BCUT2D eigenvalue weighted by atomic mass is 17.0. The van der Waals surface area contributed by atoms with Gasteiger partial charge in [-0.2, -0.15) is 0 Å². The van der Waals surface area contributed by atoms with Crippen LogP contribution in [-0.2, 0) is 0 Å². The quantitative estimate of drug-likeness (QED) is 0.581. The summed E-state index contributed by atoms with van der Waals surface area (Å²) < 4.78 is 12.5. The molecule has 0 unspecified atom stereocenters. The van der Waals surface area contributed by atoms with Crippen molar-refractivity contribution in [1.29, 1.82) is 0 Å². The van der Waals surface area contributed by atoms with E-state index in [2.05, 4.69) is 19.2 Å². The first-order valence-electron chi connectivity index (χ1n) is 2.72. The van der Waals surface area contributed by atoms with Crippen LogP contribution in [0, 0.1) is 0 Å². The van der Waals surface area contributed by atoms with Crippen molar-refractivity contribution in [2.24, 2.45) is 0 Å². The molecule has 11 heavy (non-hydrogen) atoms. The van der Waals surface area contributed by atoms with Crippen molar-refractivity contribution in [1.82, 2.24) is 5.32 Å². The lowest BCUT2D eigenvalue weighted by atomic mass is 10.7. The fourth-order valence-corrected chi connectivity index (χ4v) is 0.415. The molecular formula is C5H5NO5. The largest absolute Gasteiger partial charge is 0.414 e. The number of carbonyl (C=O) groups is 1. The second-order valence-electron chi connectivity index (χ2n) is 1.59. The second kappa shape index (κ2) is 2.91. The minimum atomic E-state index is -0.727. The molecule has 60 valence electrons. The van der Waals surface area contributed by atoms with Gasteiger partial charge in [-0.05, 0) is 0 Å². The van der Waals surface area contributed by atoms with Crippen LogP contribution >= 0.6 is 0 Å². The minimum Gasteiger partial charge on any atom is -0.373 e. The molecule has 1 amide bonds. The Bertz CT molecular complexity index is 298. The van der Waals surface area contributed by atoms with Crippen molar-refractivity contribution in [3.8, 4) is 5.95 Å². The van der Waals surface area contributed by atoms with Gasteiger partial charge in [0.2, 0.25) is 0 Å². The Morgan fingerprint density at radius 1 is 1.64 bits per heavy atom. The Labute approximate surface area is 60.7 Å². The Morgan fingerprint density at radius 3 is 2.82 bits per heavy atom. The molecule has 0 spiro atoms. The first kappa shape index (κ1) is 7.39. The van der Waals surface area contributed by atoms with Crippen molar-refractivity contribution in [2.45, 2.75) is 0 Å². The fraction of sp³-hybridized carbons (Fsp3) is 0.200. The second-order valence-corrected chi connectivity index (χ2v) is 1.59. The van der Waals surface area contributed by atoms with Gasteiger partial charge < -0.3 is 10.1 Å². The average molecular weight is 159 g/mol. The van der Waals surface area contributed by atoms with E-state index in [1.54, 1.807) is 0 Å². The number of rotatable bonds is 1. The standard InChI is InChI=1S/C5H5NO5/c1-6-5(8)9-4-2-3(7)10-11-4/h2H,1H3,(H,6,8). The van der Waals surface area contributed by atoms with Crippen molar-refractivity contribution >= 4 is 6.09 Å². The third kappa shape index (κ3) is 1.85. The van der Waals surface area contributed by atoms with E-state index >= 15 is 0 Å². The van der Waals surface area contributed by atoms with E-state index in [9.17, 15) is 9.59 Å². The molecular weight excluding hydrogens is 154 g/mol. The van der Waals surface area contributed by atoms with E-state index in [0.29, 0.717) is 0 Å². The number of hydrogen-bond donors (Lipinski definition) is 1. The molecule has 0 saturated carbocycles. The van der Waals surface area contributed by atoms with Gasteiger partial charge >= 0.3 is 17.7 Å². The Kier molecular flexibility index (Phi) is 1.95. The molecule has 6 nitrogen and oxygen atoms in total. The van der Waals surface area contributed by atoms with Gasteiger partial charge in [0.1, 0.15) is 6.07 Å². The van der Waals surface area contributed by atoms with Crippen LogP contribution in [0.3, 0.4) is 0 Å².